The minimum absolute atomic E-state index is 0.0000298. The fraction of sp³-hybridized carbons (Fsp3) is 0.458. The molecule has 1 aromatic carbocycles. The summed E-state index contributed by atoms with van der Waals surface area (Å²) in [4.78, 5) is 38.9. The molecule has 1 spiro atoms. The topological polar surface area (TPSA) is 139 Å². The largest absolute Gasteiger partial charge is 0.486 e. The molecular weight excluding hydrogens is 642 g/mol. The van der Waals surface area contributed by atoms with Gasteiger partial charge in [0.05, 0.1) is 6.04 Å². The lowest BCUT2D eigenvalue weighted by atomic mass is 10.0. The van der Waals surface area contributed by atoms with Crippen LogP contribution in [-0.4, -0.2) is 73.1 Å². The van der Waals surface area contributed by atoms with Gasteiger partial charge in [-0.25, -0.2) is 17.5 Å². The Morgan fingerprint density at radius 3 is 2.59 bits per heavy atom. The van der Waals surface area contributed by atoms with Gasteiger partial charge in [0.1, 0.15) is 22.6 Å². The van der Waals surface area contributed by atoms with Crippen molar-refractivity contribution >= 4 is 49.4 Å². The van der Waals surface area contributed by atoms with E-state index in [1.165, 1.54) is 36.7 Å². The standard InChI is InChI=1S/C24H24BrF4N5O6S/c1-10-6-12(4-5-13(10)26)31-20(35)16-17-18(19(25)33(16)3)41(38,39)32-14-8-34(9-23(14)7-15(23)40-17)22(37)21(36)30-11(2)24(27,28)29/h4-6,11,14-15,32H,7-9H2,1-3H3,(H,30,36)(H,31,35)/t11-,14+,15?,23?/m1/s1. The number of carbonyl (C=O) groups is 3. The number of nitrogens with zero attached hydrogens (tertiary/aromatic N) is 2. The number of halogens is 5. The van der Waals surface area contributed by atoms with Crippen LogP contribution in [0.2, 0.25) is 0 Å². The average molecular weight is 666 g/mol. The third-order valence-electron chi connectivity index (χ3n) is 7.64. The van der Waals surface area contributed by atoms with Crippen molar-refractivity contribution in [1.29, 1.82) is 0 Å². The van der Waals surface area contributed by atoms with Crippen LogP contribution in [0.25, 0.3) is 0 Å². The molecule has 3 N–H and O–H groups in total. The Labute approximate surface area is 239 Å². The highest BCUT2D eigenvalue weighted by atomic mass is 79.9. The maximum absolute atomic E-state index is 13.7. The zero-order valence-corrected chi connectivity index (χ0v) is 24.1. The molecule has 222 valence electrons. The second kappa shape index (κ2) is 9.69. The van der Waals surface area contributed by atoms with Crippen LogP contribution in [0.3, 0.4) is 0 Å². The fourth-order valence-corrected chi connectivity index (χ4v) is 7.75. The van der Waals surface area contributed by atoms with Gasteiger partial charge in [0.25, 0.3) is 5.91 Å². The average Bonchev–Trinajstić information content (AvgIpc) is 3.32. The van der Waals surface area contributed by atoms with Crippen LogP contribution in [-0.2, 0) is 26.7 Å². The summed E-state index contributed by atoms with van der Waals surface area (Å²) in [5.74, 6) is -4.16. The molecular formula is C24H24BrF4N5O6S. The third kappa shape index (κ3) is 4.97. The van der Waals surface area contributed by atoms with Crippen LogP contribution in [0, 0.1) is 18.2 Å². The first-order chi connectivity index (χ1) is 19.0. The number of fused-ring (bicyclic) bond motifs is 1. The van der Waals surface area contributed by atoms with Gasteiger partial charge in [0.2, 0.25) is 10.0 Å². The number of aryl methyl sites for hydroxylation is 1. The number of alkyl halides is 3. The summed E-state index contributed by atoms with van der Waals surface area (Å²) in [6.07, 6.45) is -5.19. The summed E-state index contributed by atoms with van der Waals surface area (Å²) in [5.41, 5.74) is -0.577. The number of hydrogen-bond donors (Lipinski definition) is 3. The van der Waals surface area contributed by atoms with Gasteiger partial charge in [-0.2, -0.15) is 13.2 Å². The fourth-order valence-electron chi connectivity index (χ4n) is 5.21. The SMILES string of the molecule is Cc1cc(NC(=O)c2c3c(c(Br)n2C)S(=O)(=O)N[C@H]2CN(C(=O)C(=O)N[C@H](C)C(F)(F)F)CC24CC4O3)ccc1F. The van der Waals surface area contributed by atoms with E-state index < -0.39 is 63.3 Å². The molecule has 2 aromatic rings. The van der Waals surface area contributed by atoms with Gasteiger partial charge in [-0.05, 0) is 60.0 Å². The number of aromatic nitrogens is 1. The van der Waals surface area contributed by atoms with Crippen LogP contribution < -0.4 is 20.1 Å². The van der Waals surface area contributed by atoms with E-state index in [4.69, 9.17) is 4.74 Å². The Kier molecular flexibility index (Phi) is 6.93. The van der Waals surface area contributed by atoms with Crippen molar-refractivity contribution < 1.29 is 45.1 Å². The predicted octanol–water partition coefficient (Wildman–Crippen LogP) is 2.19. The summed E-state index contributed by atoms with van der Waals surface area (Å²) in [7, 11) is -2.94. The monoisotopic (exact) mass is 665 g/mol. The number of amides is 3. The van der Waals surface area contributed by atoms with E-state index in [2.05, 4.69) is 26.0 Å². The Morgan fingerprint density at radius 2 is 1.95 bits per heavy atom. The summed E-state index contributed by atoms with van der Waals surface area (Å²) in [5, 5.41) is 4.22. The number of ether oxygens (including phenoxy) is 1. The number of likely N-dealkylation sites (tertiary alicyclic amines) is 1. The van der Waals surface area contributed by atoms with Gasteiger partial charge in [-0.1, -0.05) is 0 Å². The van der Waals surface area contributed by atoms with Crippen LogP contribution in [0.1, 0.15) is 29.4 Å². The van der Waals surface area contributed by atoms with E-state index in [0.29, 0.717) is 6.92 Å². The molecule has 41 heavy (non-hydrogen) atoms. The lowest BCUT2D eigenvalue weighted by molar-refractivity contribution is -0.162. The zero-order chi connectivity index (χ0) is 30.2. The molecule has 0 radical (unpaired) electrons. The van der Waals surface area contributed by atoms with Gasteiger partial charge in [-0.3, -0.25) is 14.4 Å². The smallest absolute Gasteiger partial charge is 0.408 e. The molecule has 11 nitrogen and oxygen atoms in total. The van der Waals surface area contributed by atoms with Crippen molar-refractivity contribution in [2.75, 3.05) is 18.4 Å². The molecule has 5 rings (SSSR count). The number of hydrogen-bond acceptors (Lipinski definition) is 6. The van der Waals surface area contributed by atoms with E-state index in [0.717, 1.165) is 4.90 Å². The van der Waals surface area contributed by atoms with E-state index >= 15 is 0 Å². The first-order valence-electron chi connectivity index (χ1n) is 12.3. The Bertz CT molecular complexity index is 1600. The molecule has 2 aliphatic heterocycles. The van der Waals surface area contributed by atoms with Gasteiger partial charge < -0.3 is 24.8 Å². The maximum Gasteiger partial charge on any atom is 0.408 e. The van der Waals surface area contributed by atoms with Crippen molar-refractivity contribution in [3.05, 3.63) is 39.9 Å². The minimum atomic E-state index is -4.76. The molecule has 3 amide bonds. The molecule has 3 heterocycles. The summed E-state index contributed by atoms with van der Waals surface area (Å²) >= 11 is 3.22. The normalized spacial score (nSPS) is 25.0. The highest BCUT2D eigenvalue weighted by molar-refractivity contribution is 9.10. The van der Waals surface area contributed by atoms with Gasteiger partial charge >= 0.3 is 18.0 Å². The van der Waals surface area contributed by atoms with Crippen molar-refractivity contribution in [2.24, 2.45) is 12.5 Å². The van der Waals surface area contributed by atoms with Crippen LogP contribution in [0.4, 0.5) is 23.2 Å². The van der Waals surface area contributed by atoms with Crippen LogP contribution in [0.5, 0.6) is 5.75 Å². The third-order valence-corrected chi connectivity index (χ3v) is 10.3. The number of rotatable bonds is 3. The number of anilines is 1. The molecule has 2 unspecified atom stereocenters. The van der Waals surface area contributed by atoms with E-state index in [1.54, 1.807) is 5.32 Å². The highest BCUT2D eigenvalue weighted by Crippen LogP contribution is 2.57. The van der Waals surface area contributed by atoms with E-state index in [-0.39, 0.29) is 51.7 Å². The first-order valence-corrected chi connectivity index (χ1v) is 14.5. The molecule has 3 aliphatic rings. The summed E-state index contributed by atoms with van der Waals surface area (Å²) < 4.78 is 89.3. The Balaban J connectivity index is 1.42. The molecule has 0 bridgehead atoms. The molecule has 17 heteroatoms. The molecule has 1 saturated heterocycles. The number of carbonyl (C=O) groups excluding carboxylic acids is 3. The Morgan fingerprint density at radius 1 is 1.27 bits per heavy atom. The minimum Gasteiger partial charge on any atom is -0.486 e. The lowest BCUT2D eigenvalue weighted by Gasteiger charge is -2.23. The molecule has 4 atom stereocenters. The molecule has 1 aromatic heterocycles. The zero-order valence-electron chi connectivity index (χ0n) is 21.7. The van der Waals surface area contributed by atoms with Crippen LogP contribution in [0.15, 0.2) is 27.7 Å². The summed E-state index contributed by atoms with van der Waals surface area (Å²) in [6, 6.07) is 0.753. The second-order valence-electron chi connectivity index (χ2n) is 10.4. The second-order valence-corrected chi connectivity index (χ2v) is 12.8. The van der Waals surface area contributed by atoms with Crippen molar-refractivity contribution in [2.45, 2.75) is 49.5 Å². The van der Waals surface area contributed by atoms with Crippen molar-refractivity contribution in [3.8, 4) is 5.75 Å². The van der Waals surface area contributed by atoms with Crippen LogP contribution >= 0.6 is 15.9 Å². The number of nitrogens with one attached hydrogen (secondary N) is 3. The lowest BCUT2D eigenvalue weighted by Crippen LogP contribution is -2.50. The van der Waals surface area contributed by atoms with E-state index in [1.807, 2.05) is 0 Å². The predicted molar refractivity (Wildman–Crippen MR) is 138 cm³/mol. The number of benzene rings is 1. The van der Waals surface area contributed by atoms with Gasteiger partial charge in [-0.15, -0.1) is 0 Å². The maximum atomic E-state index is 13.7. The molecule has 1 aliphatic carbocycles. The quantitative estimate of drug-likeness (QED) is 0.340. The highest BCUT2D eigenvalue weighted by Gasteiger charge is 2.68. The van der Waals surface area contributed by atoms with Gasteiger partial charge in [0.15, 0.2) is 16.3 Å². The van der Waals surface area contributed by atoms with Crippen molar-refractivity contribution in [1.82, 2.24) is 19.5 Å². The first kappa shape index (κ1) is 29.3. The van der Waals surface area contributed by atoms with Gasteiger partial charge in [0, 0.05) is 31.2 Å². The Hall–Kier alpha value is -3.18. The molecule has 1 saturated carbocycles. The number of sulfonamides is 1. The summed E-state index contributed by atoms with van der Waals surface area (Å²) in [6.45, 7) is 1.78. The molecule has 2 fully saturated rings. The van der Waals surface area contributed by atoms with E-state index in [9.17, 15) is 40.4 Å². The van der Waals surface area contributed by atoms with Crippen molar-refractivity contribution in [3.63, 3.8) is 0 Å².